The number of aromatic nitrogens is 2. The highest BCUT2D eigenvalue weighted by atomic mass is 32.1. The average molecular weight is 437 g/mol. The monoisotopic (exact) mass is 436 g/mol. The number of fused-ring (bicyclic) bond motifs is 1. The third kappa shape index (κ3) is 5.46. The molecule has 1 fully saturated rings. The van der Waals surface area contributed by atoms with Crippen LogP contribution in [0.2, 0.25) is 0 Å². The predicted octanol–water partition coefficient (Wildman–Crippen LogP) is 3.22. The van der Waals surface area contributed by atoms with E-state index in [1.54, 1.807) is 6.92 Å². The van der Waals surface area contributed by atoms with Crippen LogP contribution in [-0.2, 0) is 25.5 Å². The van der Waals surface area contributed by atoms with E-state index in [1.807, 2.05) is 13.8 Å². The topological polar surface area (TPSA) is 96.7 Å². The van der Waals surface area contributed by atoms with Gasteiger partial charge in [0.2, 0.25) is 0 Å². The first-order chi connectivity index (χ1) is 14.4. The molecular weight excluding hydrogens is 408 g/mol. The van der Waals surface area contributed by atoms with Crippen LogP contribution < -0.4 is 5.56 Å². The van der Waals surface area contributed by atoms with E-state index in [9.17, 15) is 14.4 Å². The summed E-state index contributed by atoms with van der Waals surface area (Å²) < 4.78 is 17.3. The Labute approximate surface area is 179 Å². The second kappa shape index (κ2) is 10.2. The lowest BCUT2D eigenvalue weighted by Crippen LogP contribution is -2.26. The molecule has 0 spiro atoms. The van der Waals surface area contributed by atoms with E-state index in [1.165, 1.54) is 17.3 Å². The minimum atomic E-state index is -0.546. The summed E-state index contributed by atoms with van der Waals surface area (Å²) in [5, 5.41) is 0.342. The van der Waals surface area contributed by atoms with Gasteiger partial charge < -0.3 is 14.2 Å². The number of hydrogen-bond acceptors (Lipinski definition) is 8. The summed E-state index contributed by atoms with van der Waals surface area (Å²) in [7, 11) is 0. The van der Waals surface area contributed by atoms with E-state index in [0.717, 1.165) is 37.0 Å². The van der Waals surface area contributed by atoms with Gasteiger partial charge in [-0.1, -0.05) is 6.42 Å². The maximum absolute atomic E-state index is 12.9. The van der Waals surface area contributed by atoms with Crippen LogP contribution in [0.1, 0.15) is 61.2 Å². The lowest BCUT2D eigenvalue weighted by atomic mass is 9.98. The molecule has 30 heavy (non-hydrogen) atoms. The summed E-state index contributed by atoms with van der Waals surface area (Å²) in [5.41, 5.74) is 0.169. The zero-order valence-corrected chi connectivity index (χ0v) is 18.5. The normalized spacial score (nSPS) is 14.9. The van der Waals surface area contributed by atoms with Crippen LogP contribution in [0, 0.1) is 6.92 Å². The van der Waals surface area contributed by atoms with Gasteiger partial charge in [-0.25, -0.2) is 9.78 Å². The van der Waals surface area contributed by atoms with Gasteiger partial charge in [0.15, 0.2) is 0 Å². The van der Waals surface area contributed by atoms with Crippen molar-refractivity contribution in [2.24, 2.45) is 0 Å². The van der Waals surface area contributed by atoms with Crippen molar-refractivity contribution in [3.05, 3.63) is 27.1 Å². The zero-order chi connectivity index (χ0) is 21.7. The standard InChI is InChI=1S/C21H28N2O6S/c1-13(2)27-9-10-28-16(24)11-23-12-22-19-17(20(23)25)14(3)18(30-19)21(26)29-15-7-5-4-6-8-15/h12-13,15H,4-11H2,1-3H3. The Balaban J connectivity index is 1.71. The van der Waals surface area contributed by atoms with E-state index in [4.69, 9.17) is 14.2 Å². The molecule has 0 atom stereocenters. The summed E-state index contributed by atoms with van der Waals surface area (Å²) in [6.07, 6.45) is 6.37. The number of carbonyl (C=O) groups excluding carboxylic acids is 2. The quantitative estimate of drug-likeness (QED) is 0.463. The molecule has 8 nitrogen and oxygen atoms in total. The largest absolute Gasteiger partial charge is 0.462 e. The molecule has 0 N–H and O–H groups in total. The van der Waals surface area contributed by atoms with Gasteiger partial charge in [0, 0.05) is 0 Å². The van der Waals surface area contributed by atoms with Crippen molar-refractivity contribution in [2.75, 3.05) is 13.2 Å². The second-order valence-corrected chi connectivity index (χ2v) is 8.72. The first-order valence-electron chi connectivity index (χ1n) is 10.3. The molecule has 0 radical (unpaired) electrons. The van der Waals surface area contributed by atoms with Crippen molar-refractivity contribution >= 4 is 33.5 Å². The minimum Gasteiger partial charge on any atom is -0.462 e. The smallest absolute Gasteiger partial charge is 0.348 e. The third-order valence-corrected chi connectivity index (χ3v) is 6.21. The third-order valence-electron chi connectivity index (χ3n) is 5.03. The summed E-state index contributed by atoms with van der Waals surface area (Å²) in [6, 6.07) is 0. The number of thiophene rings is 1. The van der Waals surface area contributed by atoms with E-state index < -0.39 is 11.9 Å². The van der Waals surface area contributed by atoms with Gasteiger partial charge >= 0.3 is 11.9 Å². The van der Waals surface area contributed by atoms with Crippen molar-refractivity contribution in [1.29, 1.82) is 0 Å². The molecule has 2 heterocycles. The van der Waals surface area contributed by atoms with Gasteiger partial charge in [0.25, 0.3) is 5.56 Å². The highest BCUT2D eigenvalue weighted by Gasteiger charge is 2.24. The molecule has 0 saturated heterocycles. The Kier molecular flexibility index (Phi) is 7.60. The number of rotatable bonds is 8. The van der Waals surface area contributed by atoms with Gasteiger partial charge in [-0.2, -0.15) is 0 Å². The minimum absolute atomic E-state index is 0.0542. The Hall–Kier alpha value is -2.26. The fraction of sp³-hybridized carbons (Fsp3) is 0.619. The van der Waals surface area contributed by atoms with Crippen LogP contribution in [0.5, 0.6) is 0 Å². The molecule has 0 unspecified atom stereocenters. The van der Waals surface area contributed by atoms with Crippen LogP contribution >= 0.6 is 11.3 Å². The van der Waals surface area contributed by atoms with Gasteiger partial charge in [0.1, 0.15) is 29.0 Å². The Morgan fingerprint density at radius 1 is 1.23 bits per heavy atom. The van der Waals surface area contributed by atoms with Crippen LogP contribution in [0.4, 0.5) is 0 Å². The lowest BCUT2D eigenvalue weighted by molar-refractivity contribution is -0.146. The van der Waals surface area contributed by atoms with Crippen molar-refractivity contribution in [3.63, 3.8) is 0 Å². The van der Waals surface area contributed by atoms with Gasteiger partial charge in [-0.15, -0.1) is 11.3 Å². The molecule has 0 bridgehead atoms. The summed E-state index contributed by atoms with van der Waals surface area (Å²) in [6.45, 7) is 5.67. The predicted molar refractivity (Wildman–Crippen MR) is 113 cm³/mol. The summed E-state index contributed by atoms with van der Waals surface area (Å²) >= 11 is 1.15. The van der Waals surface area contributed by atoms with Crippen LogP contribution in [0.25, 0.3) is 10.2 Å². The van der Waals surface area contributed by atoms with E-state index in [0.29, 0.717) is 27.3 Å². The fourth-order valence-electron chi connectivity index (χ4n) is 3.48. The Bertz CT molecular complexity index is 958. The van der Waals surface area contributed by atoms with Gasteiger partial charge in [-0.05, 0) is 52.0 Å². The van der Waals surface area contributed by atoms with Crippen molar-refractivity contribution in [3.8, 4) is 0 Å². The molecule has 0 aliphatic heterocycles. The lowest BCUT2D eigenvalue weighted by Gasteiger charge is -2.21. The van der Waals surface area contributed by atoms with Crippen molar-refractivity contribution in [1.82, 2.24) is 9.55 Å². The number of carbonyl (C=O) groups is 2. The molecule has 1 saturated carbocycles. The van der Waals surface area contributed by atoms with E-state index >= 15 is 0 Å². The van der Waals surface area contributed by atoms with Gasteiger partial charge in [0.05, 0.1) is 24.4 Å². The molecule has 0 aromatic carbocycles. The molecule has 164 valence electrons. The number of hydrogen-bond donors (Lipinski definition) is 0. The maximum atomic E-state index is 12.9. The fourth-order valence-corrected chi connectivity index (χ4v) is 4.50. The molecule has 2 aromatic heterocycles. The molecule has 1 aliphatic carbocycles. The number of aryl methyl sites for hydroxylation is 1. The Morgan fingerprint density at radius 3 is 2.67 bits per heavy atom. The number of nitrogens with zero attached hydrogens (tertiary/aromatic N) is 2. The zero-order valence-electron chi connectivity index (χ0n) is 17.6. The maximum Gasteiger partial charge on any atom is 0.348 e. The molecule has 0 amide bonds. The van der Waals surface area contributed by atoms with Gasteiger partial charge in [-0.3, -0.25) is 14.2 Å². The summed E-state index contributed by atoms with van der Waals surface area (Å²) in [5.74, 6) is -0.951. The number of esters is 2. The van der Waals surface area contributed by atoms with Crippen LogP contribution in [0.15, 0.2) is 11.1 Å². The average Bonchev–Trinajstić information content (AvgIpc) is 3.05. The van der Waals surface area contributed by atoms with Crippen LogP contribution in [-0.4, -0.2) is 46.9 Å². The molecule has 9 heteroatoms. The highest BCUT2D eigenvalue weighted by Crippen LogP contribution is 2.29. The van der Waals surface area contributed by atoms with Crippen molar-refractivity contribution < 1.29 is 23.8 Å². The van der Waals surface area contributed by atoms with Crippen LogP contribution in [0.3, 0.4) is 0 Å². The van der Waals surface area contributed by atoms with E-state index in [2.05, 4.69) is 4.98 Å². The molecular formula is C21H28N2O6S. The number of ether oxygens (including phenoxy) is 3. The SMILES string of the molecule is Cc1c(C(=O)OC2CCCCC2)sc2ncn(CC(=O)OCCOC(C)C)c(=O)c12. The molecule has 2 aromatic rings. The first-order valence-corrected chi connectivity index (χ1v) is 11.1. The first kappa shape index (κ1) is 22.4. The van der Waals surface area contributed by atoms with E-state index in [-0.39, 0.29) is 30.9 Å². The highest BCUT2D eigenvalue weighted by molar-refractivity contribution is 7.20. The van der Waals surface area contributed by atoms with Crippen molar-refractivity contribution in [2.45, 2.75) is 71.6 Å². The second-order valence-electron chi connectivity index (χ2n) is 7.72. The molecule has 3 rings (SSSR count). The summed E-state index contributed by atoms with van der Waals surface area (Å²) in [4.78, 5) is 42.7. The molecule has 1 aliphatic rings. The Morgan fingerprint density at radius 2 is 1.97 bits per heavy atom.